The number of aromatic nitrogens is 2. The highest BCUT2D eigenvalue weighted by Gasteiger charge is 2.12. The van der Waals surface area contributed by atoms with Gasteiger partial charge in [0.15, 0.2) is 12.4 Å². The van der Waals surface area contributed by atoms with Crippen LogP contribution in [0.4, 0.5) is 5.69 Å². The normalized spacial score (nSPS) is 10.5. The molecule has 25 heavy (non-hydrogen) atoms. The number of nitrogens with one attached hydrogen (secondary N) is 1. The van der Waals surface area contributed by atoms with Crippen LogP contribution in [0.1, 0.15) is 21.6 Å². The van der Waals surface area contributed by atoms with Gasteiger partial charge < -0.3 is 10.1 Å². The summed E-state index contributed by atoms with van der Waals surface area (Å²) in [6.07, 6.45) is 1.72. The molecule has 0 aliphatic heterocycles. The number of anilines is 1. The van der Waals surface area contributed by atoms with Crippen molar-refractivity contribution in [1.29, 1.82) is 0 Å². The fourth-order valence-electron chi connectivity index (χ4n) is 2.42. The lowest BCUT2D eigenvalue weighted by molar-refractivity contribution is 0.102. The molecule has 0 radical (unpaired) electrons. The van der Waals surface area contributed by atoms with Gasteiger partial charge >= 0.3 is 0 Å². The quantitative estimate of drug-likeness (QED) is 0.684. The van der Waals surface area contributed by atoms with Gasteiger partial charge in [0.1, 0.15) is 5.75 Å². The summed E-state index contributed by atoms with van der Waals surface area (Å²) in [6.45, 7) is 4.17. The van der Waals surface area contributed by atoms with Crippen molar-refractivity contribution < 1.29 is 9.53 Å². The SMILES string of the molecule is Cc1cccc(C)c1NC(=O)c1ccn(COc2ccc(Br)cc2)n1. The number of amides is 1. The first-order valence-electron chi connectivity index (χ1n) is 7.82. The van der Waals surface area contributed by atoms with E-state index in [-0.39, 0.29) is 12.6 Å². The van der Waals surface area contributed by atoms with Crippen LogP contribution in [0.3, 0.4) is 0 Å². The van der Waals surface area contributed by atoms with E-state index in [9.17, 15) is 4.79 Å². The van der Waals surface area contributed by atoms with Crippen molar-refractivity contribution in [1.82, 2.24) is 9.78 Å². The monoisotopic (exact) mass is 399 g/mol. The third-order valence-electron chi connectivity index (χ3n) is 3.77. The Morgan fingerprint density at radius 3 is 2.48 bits per heavy atom. The number of halogens is 1. The lowest BCUT2D eigenvalue weighted by Gasteiger charge is -2.10. The van der Waals surface area contributed by atoms with Gasteiger partial charge in [-0.3, -0.25) is 4.79 Å². The molecule has 1 aromatic heterocycles. The summed E-state index contributed by atoms with van der Waals surface area (Å²) in [5, 5.41) is 7.20. The third kappa shape index (κ3) is 4.28. The zero-order chi connectivity index (χ0) is 17.8. The van der Waals surface area contributed by atoms with Crippen molar-refractivity contribution in [3.63, 3.8) is 0 Å². The Balaban J connectivity index is 1.64. The summed E-state index contributed by atoms with van der Waals surface area (Å²) in [5.41, 5.74) is 3.22. The minimum atomic E-state index is -0.236. The highest BCUT2D eigenvalue weighted by Crippen LogP contribution is 2.20. The van der Waals surface area contributed by atoms with Crippen molar-refractivity contribution in [3.8, 4) is 5.75 Å². The zero-order valence-electron chi connectivity index (χ0n) is 14.0. The topological polar surface area (TPSA) is 56.2 Å². The van der Waals surface area contributed by atoms with Crippen LogP contribution in [0, 0.1) is 13.8 Å². The molecular formula is C19H18BrN3O2. The van der Waals surface area contributed by atoms with Crippen LogP contribution in [0.5, 0.6) is 5.75 Å². The molecule has 0 saturated carbocycles. The van der Waals surface area contributed by atoms with E-state index in [1.54, 1.807) is 16.9 Å². The van der Waals surface area contributed by atoms with E-state index >= 15 is 0 Å². The van der Waals surface area contributed by atoms with E-state index in [1.165, 1.54) is 0 Å². The first-order valence-corrected chi connectivity index (χ1v) is 8.61. The van der Waals surface area contributed by atoms with Gasteiger partial charge in [0.25, 0.3) is 5.91 Å². The zero-order valence-corrected chi connectivity index (χ0v) is 15.6. The molecule has 1 N–H and O–H groups in total. The highest BCUT2D eigenvalue weighted by molar-refractivity contribution is 9.10. The van der Waals surface area contributed by atoms with Gasteiger partial charge in [0.05, 0.1) is 0 Å². The number of hydrogen-bond acceptors (Lipinski definition) is 3. The maximum Gasteiger partial charge on any atom is 0.276 e. The fraction of sp³-hybridized carbons (Fsp3) is 0.158. The van der Waals surface area contributed by atoms with Gasteiger partial charge in [-0.1, -0.05) is 34.1 Å². The van der Waals surface area contributed by atoms with E-state index in [0.717, 1.165) is 27.0 Å². The van der Waals surface area contributed by atoms with Crippen LogP contribution in [0.25, 0.3) is 0 Å². The van der Waals surface area contributed by atoms with Crippen LogP contribution in [0.15, 0.2) is 59.2 Å². The number of carbonyl (C=O) groups is 1. The largest absolute Gasteiger partial charge is 0.471 e. The number of benzene rings is 2. The summed E-state index contributed by atoms with van der Waals surface area (Å²) in [4.78, 5) is 12.4. The smallest absolute Gasteiger partial charge is 0.276 e. The number of ether oxygens (including phenoxy) is 1. The maximum atomic E-state index is 12.4. The summed E-state index contributed by atoms with van der Waals surface area (Å²) >= 11 is 3.38. The molecule has 1 heterocycles. The molecule has 6 heteroatoms. The third-order valence-corrected chi connectivity index (χ3v) is 4.30. The first-order chi connectivity index (χ1) is 12.0. The number of nitrogens with zero attached hydrogens (tertiary/aromatic N) is 2. The second kappa shape index (κ2) is 7.53. The lowest BCUT2D eigenvalue weighted by Crippen LogP contribution is -2.15. The summed E-state index contributed by atoms with van der Waals surface area (Å²) in [6, 6.07) is 15.1. The fourth-order valence-corrected chi connectivity index (χ4v) is 2.68. The van der Waals surface area contributed by atoms with Crippen LogP contribution < -0.4 is 10.1 Å². The van der Waals surface area contributed by atoms with E-state index in [1.807, 2.05) is 56.3 Å². The number of hydrogen-bond donors (Lipinski definition) is 1. The Bertz CT molecular complexity index is 868. The van der Waals surface area contributed by atoms with E-state index in [0.29, 0.717) is 5.69 Å². The van der Waals surface area contributed by atoms with E-state index in [2.05, 4.69) is 26.3 Å². The molecule has 0 spiro atoms. The van der Waals surface area contributed by atoms with Crippen LogP contribution in [-0.2, 0) is 6.73 Å². The Labute approximate surface area is 154 Å². The van der Waals surface area contributed by atoms with Crippen molar-refractivity contribution in [2.75, 3.05) is 5.32 Å². The Morgan fingerprint density at radius 1 is 1.12 bits per heavy atom. The molecule has 0 saturated heterocycles. The molecule has 0 atom stereocenters. The predicted molar refractivity (Wildman–Crippen MR) is 101 cm³/mol. The van der Waals surface area contributed by atoms with Crippen molar-refractivity contribution in [3.05, 3.63) is 76.0 Å². The molecule has 0 aliphatic carbocycles. The minimum absolute atomic E-state index is 0.234. The minimum Gasteiger partial charge on any atom is -0.471 e. The highest BCUT2D eigenvalue weighted by atomic mass is 79.9. The van der Waals surface area contributed by atoms with Crippen molar-refractivity contribution in [2.45, 2.75) is 20.6 Å². The van der Waals surface area contributed by atoms with Crippen molar-refractivity contribution >= 4 is 27.5 Å². The average molecular weight is 400 g/mol. The standard InChI is InChI=1S/C19H18BrN3O2/c1-13-4-3-5-14(2)18(13)21-19(24)17-10-11-23(22-17)12-25-16-8-6-15(20)7-9-16/h3-11H,12H2,1-2H3,(H,21,24). The van der Waals surface area contributed by atoms with Crippen LogP contribution >= 0.6 is 15.9 Å². The maximum absolute atomic E-state index is 12.4. The summed E-state index contributed by atoms with van der Waals surface area (Å²) in [7, 11) is 0. The molecule has 1 amide bonds. The summed E-state index contributed by atoms with van der Waals surface area (Å²) < 4.78 is 8.22. The molecule has 128 valence electrons. The molecule has 3 rings (SSSR count). The first kappa shape index (κ1) is 17.2. The molecule has 0 aliphatic rings. The number of para-hydroxylation sites is 1. The molecule has 2 aromatic carbocycles. The van der Waals surface area contributed by atoms with Gasteiger partial charge in [-0.15, -0.1) is 0 Å². The van der Waals surface area contributed by atoms with Gasteiger partial charge in [0.2, 0.25) is 0 Å². The van der Waals surface area contributed by atoms with Gasteiger partial charge in [0, 0.05) is 16.4 Å². The van der Waals surface area contributed by atoms with E-state index in [4.69, 9.17) is 4.74 Å². The molecule has 0 bridgehead atoms. The van der Waals surface area contributed by atoms with Crippen LogP contribution in [0.2, 0.25) is 0 Å². The van der Waals surface area contributed by atoms with Crippen molar-refractivity contribution in [2.24, 2.45) is 0 Å². The number of carbonyl (C=O) groups excluding carboxylic acids is 1. The Kier molecular flexibility index (Phi) is 5.19. The second-order valence-electron chi connectivity index (χ2n) is 5.69. The molecular weight excluding hydrogens is 382 g/mol. The molecule has 5 nitrogen and oxygen atoms in total. The average Bonchev–Trinajstić information content (AvgIpc) is 3.07. The van der Waals surface area contributed by atoms with Gasteiger partial charge in [-0.05, 0) is 55.3 Å². The Morgan fingerprint density at radius 2 is 1.80 bits per heavy atom. The van der Waals surface area contributed by atoms with E-state index < -0.39 is 0 Å². The molecule has 0 unspecified atom stereocenters. The number of aryl methyl sites for hydroxylation is 2. The lowest BCUT2D eigenvalue weighted by atomic mass is 10.1. The van der Waals surface area contributed by atoms with Gasteiger partial charge in [-0.25, -0.2) is 4.68 Å². The van der Waals surface area contributed by atoms with Crippen LogP contribution in [-0.4, -0.2) is 15.7 Å². The summed E-state index contributed by atoms with van der Waals surface area (Å²) in [5.74, 6) is 0.500. The molecule has 3 aromatic rings. The molecule has 0 fully saturated rings. The Hall–Kier alpha value is -2.60. The number of rotatable bonds is 5. The second-order valence-corrected chi connectivity index (χ2v) is 6.60. The van der Waals surface area contributed by atoms with Gasteiger partial charge in [-0.2, -0.15) is 5.10 Å². The predicted octanol–water partition coefficient (Wildman–Crippen LogP) is 4.55.